The summed E-state index contributed by atoms with van der Waals surface area (Å²) in [5, 5.41) is 8.45. The first kappa shape index (κ1) is 13.9. The lowest BCUT2D eigenvalue weighted by Gasteiger charge is -2.18. The molecule has 4 heteroatoms. The predicted octanol–water partition coefficient (Wildman–Crippen LogP) is 3.35. The highest BCUT2D eigenvalue weighted by molar-refractivity contribution is 6.66. The van der Waals surface area contributed by atoms with E-state index in [4.69, 9.17) is 9.38 Å². The van der Waals surface area contributed by atoms with Crippen LogP contribution in [0, 0.1) is 11.3 Å². The molecule has 0 rings (SSSR count). The Morgan fingerprint density at radius 1 is 1.07 bits per heavy atom. The minimum atomic E-state index is -0.585. The molecule has 2 radical (unpaired) electrons. The van der Waals surface area contributed by atoms with Crippen LogP contribution < -0.4 is 0 Å². The van der Waals surface area contributed by atoms with Crippen molar-refractivity contribution in [3.63, 3.8) is 0 Å². The van der Waals surface area contributed by atoms with E-state index >= 15 is 0 Å². The van der Waals surface area contributed by atoms with Gasteiger partial charge in [0.1, 0.15) is 0 Å². The largest absolute Gasteiger partial charge is 0.455 e. The zero-order chi connectivity index (χ0) is 10.8. The van der Waals surface area contributed by atoms with Crippen molar-refractivity contribution in [3.05, 3.63) is 0 Å². The molecule has 0 spiro atoms. The molecule has 0 saturated heterocycles. The maximum atomic E-state index is 8.45. The highest BCUT2D eigenvalue weighted by Gasteiger charge is 2.16. The maximum absolute atomic E-state index is 8.45. The van der Waals surface area contributed by atoms with Crippen LogP contribution in [0.15, 0.2) is 0 Å². The maximum Gasteiger partial charge on any atom is 0.197 e. The summed E-state index contributed by atoms with van der Waals surface area (Å²) in [5.74, 6) is 0. The summed E-state index contributed by atoms with van der Waals surface area (Å²) in [5.41, 5.74) is 0. The third-order valence-corrected chi connectivity index (χ3v) is 7.80. The summed E-state index contributed by atoms with van der Waals surface area (Å²) < 4.78 is 6.14. The van der Waals surface area contributed by atoms with Crippen molar-refractivity contribution in [2.75, 3.05) is 0 Å². The number of rotatable bonds is 8. The molecule has 2 nitrogen and oxygen atoms in total. The van der Waals surface area contributed by atoms with E-state index in [1.807, 2.05) is 0 Å². The summed E-state index contributed by atoms with van der Waals surface area (Å²) in [4.78, 5) is 0. The fourth-order valence-electron chi connectivity index (χ4n) is 1.26. The molecular weight excluding hydrogens is 206 g/mol. The van der Waals surface area contributed by atoms with Crippen molar-refractivity contribution < 1.29 is 4.12 Å². The first-order chi connectivity index (χ1) is 6.78. The minimum Gasteiger partial charge on any atom is -0.455 e. The van der Waals surface area contributed by atoms with Crippen LogP contribution in [0.4, 0.5) is 0 Å². The van der Waals surface area contributed by atoms with Gasteiger partial charge >= 0.3 is 0 Å². The summed E-state index contributed by atoms with van der Waals surface area (Å²) in [6.07, 6.45) is 1.72. The lowest BCUT2D eigenvalue weighted by Crippen LogP contribution is -2.27. The van der Waals surface area contributed by atoms with Crippen molar-refractivity contribution in [3.8, 4) is 6.07 Å². The number of unbranched alkanes of at least 4 members (excludes halogenated alkanes) is 1. The number of hydrogen-bond acceptors (Lipinski definition) is 2. The SMILES string of the molecule is CC[Si](CC)O[Si](CC)CCCC#N. The van der Waals surface area contributed by atoms with Crippen molar-refractivity contribution >= 4 is 18.1 Å². The van der Waals surface area contributed by atoms with E-state index in [2.05, 4.69) is 26.8 Å². The van der Waals surface area contributed by atoms with Gasteiger partial charge in [0.05, 0.1) is 6.07 Å². The number of nitrogens with zero attached hydrogens (tertiary/aromatic N) is 1. The molecule has 0 unspecified atom stereocenters. The molecule has 0 atom stereocenters. The molecular formula is C10H21NOSi2. The monoisotopic (exact) mass is 227 g/mol. The van der Waals surface area contributed by atoms with Gasteiger partial charge in [0, 0.05) is 6.42 Å². The van der Waals surface area contributed by atoms with Gasteiger partial charge in [0.15, 0.2) is 18.1 Å². The average molecular weight is 227 g/mol. The van der Waals surface area contributed by atoms with E-state index in [1.165, 1.54) is 18.1 Å². The number of nitriles is 1. The van der Waals surface area contributed by atoms with E-state index in [0.29, 0.717) is 6.42 Å². The van der Waals surface area contributed by atoms with Gasteiger partial charge < -0.3 is 4.12 Å². The van der Waals surface area contributed by atoms with E-state index in [1.54, 1.807) is 0 Å². The van der Waals surface area contributed by atoms with Crippen molar-refractivity contribution in [2.45, 2.75) is 57.8 Å². The topological polar surface area (TPSA) is 33.0 Å². The Balaban J connectivity index is 3.72. The molecule has 0 aliphatic heterocycles. The normalized spacial score (nSPS) is 10.9. The molecule has 0 N–H and O–H groups in total. The second-order valence-electron chi connectivity index (χ2n) is 3.25. The highest BCUT2D eigenvalue weighted by atomic mass is 28.4. The second kappa shape index (κ2) is 9.44. The molecule has 0 aromatic rings. The molecule has 0 aliphatic rings. The van der Waals surface area contributed by atoms with Gasteiger partial charge in [-0.15, -0.1) is 0 Å². The lowest BCUT2D eigenvalue weighted by molar-refractivity contribution is 0.570. The fourth-order valence-corrected chi connectivity index (χ4v) is 6.46. The average Bonchev–Trinajstić information content (AvgIpc) is 2.23. The van der Waals surface area contributed by atoms with Crippen LogP contribution in [0.5, 0.6) is 0 Å². The second-order valence-corrected chi connectivity index (χ2v) is 8.84. The Labute approximate surface area is 91.7 Å². The Kier molecular flexibility index (Phi) is 9.36. The van der Waals surface area contributed by atoms with Crippen molar-refractivity contribution in [1.29, 1.82) is 5.26 Å². The van der Waals surface area contributed by atoms with Gasteiger partial charge in [-0.05, 0) is 30.6 Å². The third kappa shape index (κ3) is 6.35. The molecule has 0 aromatic heterocycles. The highest BCUT2D eigenvalue weighted by Crippen LogP contribution is 2.11. The fraction of sp³-hybridized carbons (Fsp3) is 0.900. The number of hydrogen-bond donors (Lipinski definition) is 0. The molecule has 0 bridgehead atoms. The Bertz CT molecular complexity index is 166. The van der Waals surface area contributed by atoms with Gasteiger partial charge in [-0.2, -0.15) is 5.26 Å². The van der Waals surface area contributed by atoms with Crippen LogP contribution in [0.3, 0.4) is 0 Å². The zero-order valence-electron chi connectivity index (χ0n) is 9.60. The zero-order valence-corrected chi connectivity index (χ0v) is 11.6. The standard InChI is InChI=1S/C10H21NOSi2/c1-4-13(5-2)12-14(6-3)10-8-7-9-11/h4-8,10H2,1-3H3. The first-order valence-electron chi connectivity index (χ1n) is 5.52. The summed E-state index contributed by atoms with van der Waals surface area (Å²) in [6.45, 7) is 6.66. The molecule has 0 aromatic carbocycles. The summed E-state index contributed by atoms with van der Waals surface area (Å²) >= 11 is 0. The van der Waals surface area contributed by atoms with Crippen molar-refractivity contribution in [1.82, 2.24) is 0 Å². The van der Waals surface area contributed by atoms with E-state index in [0.717, 1.165) is 12.5 Å². The van der Waals surface area contributed by atoms with E-state index in [-0.39, 0.29) is 0 Å². The van der Waals surface area contributed by atoms with Crippen LogP contribution in [-0.2, 0) is 4.12 Å². The Hall–Kier alpha value is -0.116. The van der Waals surface area contributed by atoms with Gasteiger partial charge in [0.25, 0.3) is 0 Å². The van der Waals surface area contributed by atoms with Crippen LogP contribution >= 0.6 is 0 Å². The quantitative estimate of drug-likeness (QED) is 0.470. The molecule has 0 aliphatic carbocycles. The minimum absolute atomic E-state index is 0.508. The molecule has 14 heavy (non-hydrogen) atoms. The smallest absolute Gasteiger partial charge is 0.197 e. The Morgan fingerprint density at radius 2 is 1.64 bits per heavy atom. The predicted molar refractivity (Wildman–Crippen MR) is 63.7 cm³/mol. The van der Waals surface area contributed by atoms with Crippen LogP contribution in [-0.4, -0.2) is 18.1 Å². The van der Waals surface area contributed by atoms with Gasteiger partial charge in [-0.3, -0.25) is 0 Å². The van der Waals surface area contributed by atoms with Crippen LogP contribution in [0.25, 0.3) is 0 Å². The van der Waals surface area contributed by atoms with Crippen molar-refractivity contribution in [2.24, 2.45) is 0 Å². The first-order valence-corrected chi connectivity index (χ1v) is 9.17. The van der Waals surface area contributed by atoms with Gasteiger partial charge in [0.2, 0.25) is 0 Å². The molecule has 0 fully saturated rings. The van der Waals surface area contributed by atoms with E-state index < -0.39 is 18.1 Å². The summed E-state index contributed by atoms with van der Waals surface area (Å²) in [6, 6.07) is 6.97. The lowest BCUT2D eigenvalue weighted by atomic mass is 10.4. The third-order valence-electron chi connectivity index (χ3n) is 2.22. The van der Waals surface area contributed by atoms with Crippen LogP contribution in [0.2, 0.25) is 24.2 Å². The molecule has 0 heterocycles. The van der Waals surface area contributed by atoms with E-state index in [9.17, 15) is 0 Å². The van der Waals surface area contributed by atoms with Gasteiger partial charge in [-0.1, -0.05) is 20.8 Å². The van der Waals surface area contributed by atoms with Gasteiger partial charge in [-0.25, -0.2) is 0 Å². The molecule has 80 valence electrons. The van der Waals surface area contributed by atoms with Crippen LogP contribution in [0.1, 0.15) is 33.6 Å². The molecule has 0 saturated carbocycles. The molecule has 0 amide bonds. The Morgan fingerprint density at radius 3 is 2.07 bits per heavy atom. The summed E-state index contributed by atoms with van der Waals surface area (Å²) in [7, 11) is -1.09.